The van der Waals surface area contributed by atoms with Gasteiger partial charge in [0.25, 0.3) is 0 Å². The highest BCUT2D eigenvalue weighted by atomic mass is 19.1. The molecule has 0 heterocycles. The fraction of sp³-hybridized carbons (Fsp3) is 0.143. The second-order valence-electron chi connectivity index (χ2n) is 6.12. The molecule has 0 aliphatic carbocycles. The van der Waals surface area contributed by atoms with Crippen molar-refractivity contribution in [1.82, 2.24) is 0 Å². The summed E-state index contributed by atoms with van der Waals surface area (Å²) in [5.41, 5.74) is 4.59. The Kier molecular flexibility index (Phi) is 4.27. The molecule has 0 aliphatic rings. The van der Waals surface area contributed by atoms with Gasteiger partial charge in [-0.15, -0.1) is 0 Å². The van der Waals surface area contributed by atoms with Gasteiger partial charge in [-0.2, -0.15) is 0 Å². The molecule has 2 radical (unpaired) electrons. The van der Waals surface area contributed by atoms with Crippen LogP contribution in [0, 0.1) is 32.4 Å². The summed E-state index contributed by atoms with van der Waals surface area (Å²) < 4.78 is 29.0. The van der Waals surface area contributed by atoms with Gasteiger partial charge < -0.3 is 0 Å². The molecule has 0 bridgehead atoms. The lowest BCUT2D eigenvalue weighted by Crippen LogP contribution is -2.14. The summed E-state index contributed by atoms with van der Waals surface area (Å²) in [4.78, 5) is 0. The van der Waals surface area contributed by atoms with Crippen molar-refractivity contribution < 1.29 is 8.78 Å². The predicted octanol–water partition coefficient (Wildman–Crippen LogP) is 5.02. The monoisotopic (exact) mass is 318 g/mol. The first-order valence-electron chi connectivity index (χ1n) is 7.81. The zero-order valence-corrected chi connectivity index (χ0v) is 14.0. The van der Waals surface area contributed by atoms with Gasteiger partial charge in [-0.25, -0.2) is 8.78 Å². The molecule has 118 valence electrons. The van der Waals surface area contributed by atoms with Gasteiger partial charge in [-0.05, 0) is 48.6 Å². The van der Waals surface area contributed by atoms with Crippen LogP contribution in [0.15, 0.2) is 48.5 Å². The molecular weight excluding hydrogens is 301 g/mol. The summed E-state index contributed by atoms with van der Waals surface area (Å²) in [7, 11) is 5.90. The third-order valence-electron chi connectivity index (χ3n) is 4.41. The standard InChI is InChI=1S/C21H17BF2/c1-12-4-7-15(8-5-12)17-11-10-16(14(3)21(17)24)18-9-6-13(2)20(23)19(18)22/h4-11H,1-3H3. The van der Waals surface area contributed by atoms with Crippen LogP contribution in [0.1, 0.15) is 16.7 Å². The highest BCUT2D eigenvalue weighted by molar-refractivity contribution is 6.36. The van der Waals surface area contributed by atoms with E-state index in [2.05, 4.69) is 0 Å². The van der Waals surface area contributed by atoms with Crippen molar-refractivity contribution in [3.05, 3.63) is 76.9 Å². The Bertz CT molecular complexity index is 912. The molecule has 0 atom stereocenters. The van der Waals surface area contributed by atoms with Crippen molar-refractivity contribution in [3.63, 3.8) is 0 Å². The Morgan fingerprint density at radius 1 is 0.667 bits per heavy atom. The molecule has 0 nitrogen and oxygen atoms in total. The molecule has 3 rings (SSSR count). The van der Waals surface area contributed by atoms with Crippen LogP contribution in [0.4, 0.5) is 8.78 Å². The zero-order chi connectivity index (χ0) is 17.4. The van der Waals surface area contributed by atoms with Crippen LogP contribution >= 0.6 is 0 Å². The molecule has 0 unspecified atom stereocenters. The van der Waals surface area contributed by atoms with Gasteiger partial charge in [0.15, 0.2) is 0 Å². The van der Waals surface area contributed by atoms with Crippen LogP contribution in [-0.4, -0.2) is 7.85 Å². The Morgan fingerprint density at radius 2 is 1.25 bits per heavy atom. The molecule has 0 saturated carbocycles. The first-order valence-corrected chi connectivity index (χ1v) is 7.81. The zero-order valence-electron chi connectivity index (χ0n) is 14.0. The summed E-state index contributed by atoms with van der Waals surface area (Å²) in [5, 5.41) is 0. The van der Waals surface area contributed by atoms with E-state index < -0.39 is 5.82 Å². The normalized spacial score (nSPS) is 10.9. The van der Waals surface area contributed by atoms with Gasteiger partial charge in [0, 0.05) is 5.56 Å². The molecule has 0 aromatic heterocycles. The maximum atomic E-state index is 14.9. The molecule has 0 saturated heterocycles. The molecule has 0 fully saturated rings. The van der Waals surface area contributed by atoms with E-state index in [9.17, 15) is 8.78 Å². The number of benzene rings is 3. The Hall–Kier alpha value is -2.42. The van der Waals surface area contributed by atoms with E-state index >= 15 is 0 Å². The van der Waals surface area contributed by atoms with Crippen LogP contribution in [0.2, 0.25) is 0 Å². The van der Waals surface area contributed by atoms with E-state index in [1.165, 1.54) is 0 Å². The average molecular weight is 318 g/mol. The van der Waals surface area contributed by atoms with E-state index in [-0.39, 0.29) is 11.3 Å². The number of halogens is 2. The molecule has 0 N–H and O–H groups in total. The SMILES string of the molecule is [B]c1c(-c2ccc(-c3ccc(C)cc3)c(F)c2C)ccc(C)c1F. The summed E-state index contributed by atoms with van der Waals surface area (Å²) in [5.74, 6) is -0.758. The third-order valence-corrected chi connectivity index (χ3v) is 4.41. The van der Waals surface area contributed by atoms with Gasteiger partial charge >= 0.3 is 0 Å². The van der Waals surface area contributed by atoms with E-state index in [1.807, 2.05) is 31.2 Å². The van der Waals surface area contributed by atoms with Crippen LogP contribution < -0.4 is 5.46 Å². The number of hydrogen-bond acceptors (Lipinski definition) is 0. The maximum Gasteiger partial charge on any atom is 0.134 e. The van der Waals surface area contributed by atoms with E-state index in [1.54, 1.807) is 38.1 Å². The van der Waals surface area contributed by atoms with Crippen molar-refractivity contribution >= 4 is 13.3 Å². The molecule has 3 aromatic carbocycles. The van der Waals surface area contributed by atoms with E-state index in [0.717, 1.165) is 11.1 Å². The van der Waals surface area contributed by atoms with Gasteiger partial charge in [0.05, 0.1) is 0 Å². The van der Waals surface area contributed by atoms with Crippen LogP contribution in [0.25, 0.3) is 22.3 Å². The molecule has 3 aromatic rings. The number of aryl methyl sites for hydroxylation is 2. The number of rotatable bonds is 2. The van der Waals surface area contributed by atoms with Gasteiger partial charge in [-0.1, -0.05) is 59.6 Å². The third kappa shape index (κ3) is 2.75. The fourth-order valence-electron chi connectivity index (χ4n) is 2.87. The largest absolute Gasteiger partial charge is 0.207 e. The average Bonchev–Trinajstić information content (AvgIpc) is 2.57. The number of hydrogen-bond donors (Lipinski definition) is 0. The maximum absolute atomic E-state index is 14.9. The van der Waals surface area contributed by atoms with Gasteiger partial charge in [0.2, 0.25) is 0 Å². The van der Waals surface area contributed by atoms with Gasteiger partial charge in [-0.3, -0.25) is 0 Å². The minimum Gasteiger partial charge on any atom is -0.207 e. The second kappa shape index (κ2) is 6.24. The molecule has 3 heteroatoms. The summed E-state index contributed by atoms with van der Waals surface area (Å²) in [6.45, 7) is 5.34. The minimum atomic E-state index is -0.449. The first-order chi connectivity index (χ1) is 11.4. The lowest BCUT2D eigenvalue weighted by Gasteiger charge is -2.15. The summed E-state index contributed by atoms with van der Waals surface area (Å²) >= 11 is 0. The highest BCUT2D eigenvalue weighted by Crippen LogP contribution is 2.32. The Morgan fingerprint density at radius 3 is 1.92 bits per heavy atom. The molecular formula is C21H17BF2. The van der Waals surface area contributed by atoms with Gasteiger partial charge in [0.1, 0.15) is 19.5 Å². The second-order valence-corrected chi connectivity index (χ2v) is 6.12. The van der Waals surface area contributed by atoms with E-state index in [0.29, 0.717) is 27.8 Å². The first kappa shape index (κ1) is 16.4. The van der Waals surface area contributed by atoms with Crippen LogP contribution in [-0.2, 0) is 0 Å². The van der Waals surface area contributed by atoms with Crippen molar-refractivity contribution in [1.29, 1.82) is 0 Å². The lowest BCUT2D eigenvalue weighted by atomic mass is 9.83. The lowest BCUT2D eigenvalue weighted by molar-refractivity contribution is 0.622. The fourth-order valence-corrected chi connectivity index (χ4v) is 2.87. The van der Waals surface area contributed by atoms with E-state index in [4.69, 9.17) is 7.85 Å². The summed E-state index contributed by atoms with van der Waals surface area (Å²) in [6, 6.07) is 14.6. The Balaban J connectivity index is 2.15. The topological polar surface area (TPSA) is 0 Å². The molecule has 0 spiro atoms. The summed E-state index contributed by atoms with van der Waals surface area (Å²) in [6.07, 6.45) is 0. The molecule has 0 aliphatic heterocycles. The quantitative estimate of drug-likeness (QED) is 0.582. The molecule has 24 heavy (non-hydrogen) atoms. The smallest absolute Gasteiger partial charge is 0.134 e. The van der Waals surface area contributed by atoms with Crippen molar-refractivity contribution in [2.75, 3.05) is 0 Å². The molecule has 0 amide bonds. The van der Waals surface area contributed by atoms with Crippen molar-refractivity contribution in [2.24, 2.45) is 0 Å². The van der Waals surface area contributed by atoms with Crippen molar-refractivity contribution in [3.8, 4) is 22.3 Å². The highest BCUT2D eigenvalue weighted by Gasteiger charge is 2.15. The van der Waals surface area contributed by atoms with Crippen LogP contribution in [0.5, 0.6) is 0 Å². The predicted molar refractivity (Wildman–Crippen MR) is 96.8 cm³/mol. The van der Waals surface area contributed by atoms with Crippen molar-refractivity contribution in [2.45, 2.75) is 20.8 Å². The van der Waals surface area contributed by atoms with Crippen LogP contribution in [0.3, 0.4) is 0 Å². The minimum absolute atomic E-state index is 0.0561. The Labute approximate surface area is 142 Å².